The van der Waals surface area contributed by atoms with E-state index in [1.165, 1.54) is 0 Å². The molecular weight excluding hydrogens is 294 g/mol. The highest BCUT2D eigenvalue weighted by Crippen LogP contribution is 2.26. The van der Waals surface area contributed by atoms with Crippen LogP contribution in [0.3, 0.4) is 0 Å². The van der Waals surface area contributed by atoms with E-state index in [-0.39, 0.29) is 23.8 Å². The third-order valence-electron chi connectivity index (χ3n) is 3.31. The van der Waals surface area contributed by atoms with E-state index in [2.05, 4.69) is 9.71 Å². The third-order valence-corrected chi connectivity index (χ3v) is 4.97. The topological polar surface area (TPSA) is 97.4 Å². The van der Waals surface area contributed by atoms with E-state index in [1.807, 2.05) is 11.6 Å². The van der Waals surface area contributed by atoms with Gasteiger partial charge in [-0.05, 0) is 13.8 Å². The van der Waals surface area contributed by atoms with Crippen LogP contribution in [0.15, 0.2) is 21.7 Å². The summed E-state index contributed by atoms with van der Waals surface area (Å²) in [5.74, 6) is 1.49. The first-order chi connectivity index (χ1) is 9.86. The molecule has 0 unspecified atom stereocenters. The minimum absolute atomic E-state index is 0.0299. The van der Waals surface area contributed by atoms with Gasteiger partial charge < -0.3 is 14.1 Å². The summed E-state index contributed by atoms with van der Waals surface area (Å²) < 4.78 is 34.4. The average Bonchev–Trinajstić information content (AvgIpc) is 2.93. The van der Waals surface area contributed by atoms with Gasteiger partial charge in [0, 0.05) is 38.0 Å². The Labute approximate surface area is 123 Å². The second-order valence-corrected chi connectivity index (χ2v) is 6.49. The van der Waals surface area contributed by atoms with Crippen LogP contribution in [-0.2, 0) is 30.1 Å². The molecule has 116 valence electrons. The van der Waals surface area contributed by atoms with E-state index in [1.54, 1.807) is 26.2 Å². The molecule has 0 spiro atoms. The largest absolute Gasteiger partial charge is 0.465 e. The van der Waals surface area contributed by atoms with Crippen LogP contribution < -0.4 is 4.72 Å². The first-order valence-electron chi connectivity index (χ1n) is 6.52. The highest BCUT2D eigenvalue weighted by Gasteiger charge is 2.26. The minimum atomic E-state index is -3.72. The van der Waals surface area contributed by atoms with Crippen LogP contribution >= 0.6 is 0 Å². The van der Waals surface area contributed by atoms with Crippen LogP contribution in [-0.4, -0.2) is 29.6 Å². The minimum Gasteiger partial charge on any atom is -0.465 e. The Balaban J connectivity index is 2.14. The van der Waals surface area contributed by atoms with Crippen molar-refractivity contribution in [3.8, 4) is 0 Å². The molecule has 7 nitrogen and oxygen atoms in total. The molecule has 2 rings (SSSR count). The van der Waals surface area contributed by atoms with Crippen LogP contribution in [0.4, 0.5) is 0 Å². The Hall–Kier alpha value is -1.64. The summed E-state index contributed by atoms with van der Waals surface area (Å²) in [7, 11) is -1.87. The van der Waals surface area contributed by atoms with E-state index in [0.29, 0.717) is 17.7 Å². The second-order valence-electron chi connectivity index (χ2n) is 4.78. The molecule has 21 heavy (non-hydrogen) atoms. The molecule has 0 atom stereocenters. The Morgan fingerprint density at radius 2 is 2.10 bits per heavy atom. The molecular formula is C13H19N3O4S. The highest BCUT2D eigenvalue weighted by atomic mass is 32.2. The molecule has 0 saturated heterocycles. The van der Waals surface area contributed by atoms with Crippen LogP contribution in [0.2, 0.25) is 0 Å². The summed E-state index contributed by atoms with van der Waals surface area (Å²) >= 11 is 0. The predicted molar refractivity (Wildman–Crippen MR) is 76.2 cm³/mol. The first kappa shape index (κ1) is 15.7. The van der Waals surface area contributed by atoms with Gasteiger partial charge in [-0.3, -0.25) is 0 Å². The van der Waals surface area contributed by atoms with Crippen molar-refractivity contribution in [2.75, 3.05) is 6.54 Å². The predicted octanol–water partition coefficient (Wildman–Crippen LogP) is 0.643. The Bertz CT molecular complexity index is 731. The normalized spacial score (nSPS) is 12.0. The fourth-order valence-electron chi connectivity index (χ4n) is 2.25. The van der Waals surface area contributed by atoms with Crippen molar-refractivity contribution >= 4 is 10.0 Å². The Morgan fingerprint density at radius 1 is 1.38 bits per heavy atom. The average molecular weight is 313 g/mol. The molecule has 0 aliphatic heterocycles. The number of aromatic nitrogens is 2. The fraction of sp³-hybridized carbons (Fsp3) is 0.462. The lowest BCUT2D eigenvalue weighted by Crippen LogP contribution is -2.27. The number of imidazole rings is 1. The van der Waals surface area contributed by atoms with Crippen LogP contribution in [0.1, 0.15) is 22.9 Å². The highest BCUT2D eigenvalue weighted by molar-refractivity contribution is 7.89. The van der Waals surface area contributed by atoms with Gasteiger partial charge in [-0.25, -0.2) is 18.1 Å². The van der Waals surface area contributed by atoms with Gasteiger partial charge in [0.15, 0.2) is 0 Å². The number of nitrogens with zero attached hydrogens (tertiary/aromatic N) is 2. The molecule has 0 amide bonds. The third kappa shape index (κ3) is 3.17. The maximum Gasteiger partial charge on any atom is 0.244 e. The van der Waals surface area contributed by atoms with Crippen LogP contribution in [0.25, 0.3) is 0 Å². The van der Waals surface area contributed by atoms with E-state index < -0.39 is 10.0 Å². The van der Waals surface area contributed by atoms with Gasteiger partial charge >= 0.3 is 0 Å². The monoisotopic (exact) mass is 313 g/mol. The number of hydrogen-bond acceptors (Lipinski definition) is 5. The Kier molecular flexibility index (Phi) is 4.50. The maximum atomic E-state index is 12.4. The molecule has 0 aromatic carbocycles. The smallest absolute Gasteiger partial charge is 0.244 e. The van der Waals surface area contributed by atoms with Gasteiger partial charge in [-0.15, -0.1) is 0 Å². The number of hydrogen-bond donors (Lipinski definition) is 2. The molecule has 8 heteroatoms. The van der Waals surface area contributed by atoms with Gasteiger partial charge in [0.1, 0.15) is 22.2 Å². The van der Waals surface area contributed by atoms with E-state index in [0.717, 1.165) is 5.82 Å². The van der Waals surface area contributed by atoms with E-state index >= 15 is 0 Å². The Morgan fingerprint density at radius 3 is 2.67 bits per heavy atom. The number of rotatable bonds is 6. The quantitative estimate of drug-likeness (QED) is 0.816. The number of aryl methyl sites for hydroxylation is 3. The summed E-state index contributed by atoms with van der Waals surface area (Å²) in [6, 6.07) is 0. The molecule has 2 aromatic rings. The van der Waals surface area contributed by atoms with Crippen molar-refractivity contribution in [1.29, 1.82) is 0 Å². The van der Waals surface area contributed by atoms with Crippen molar-refractivity contribution in [2.24, 2.45) is 7.05 Å². The summed E-state index contributed by atoms with van der Waals surface area (Å²) in [6.45, 7) is 3.05. The lowest BCUT2D eigenvalue weighted by molar-refractivity contribution is 0.276. The standard InChI is InChI=1S/C13H19N3O4S/c1-9-11(8-17)13(10(2)20-9)21(18,19)15-5-4-12-14-6-7-16(12)3/h6-7,15,17H,4-5,8H2,1-3H3. The van der Waals surface area contributed by atoms with Gasteiger partial charge in [-0.1, -0.05) is 0 Å². The van der Waals surface area contributed by atoms with E-state index in [4.69, 9.17) is 4.42 Å². The number of furan rings is 1. The maximum absolute atomic E-state index is 12.4. The zero-order valence-electron chi connectivity index (χ0n) is 12.3. The molecule has 2 aromatic heterocycles. The molecule has 0 fully saturated rings. The number of aliphatic hydroxyl groups excluding tert-OH is 1. The molecule has 0 aliphatic rings. The van der Waals surface area contributed by atoms with Crippen LogP contribution in [0, 0.1) is 13.8 Å². The van der Waals surface area contributed by atoms with E-state index in [9.17, 15) is 13.5 Å². The molecule has 0 bridgehead atoms. The molecule has 0 radical (unpaired) electrons. The van der Waals surface area contributed by atoms with Crippen LogP contribution in [0.5, 0.6) is 0 Å². The van der Waals surface area contributed by atoms with Gasteiger partial charge in [0.2, 0.25) is 10.0 Å². The summed E-state index contributed by atoms with van der Waals surface area (Å²) in [6.07, 6.45) is 3.95. The van der Waals surface area contributed by atoms with Gasteiger partial charge in [0.05, 0.1) is 6.61 Å². The van der Waals surface area contributed by atoms with Gasteiger partial charge in [0.25, 0.3) is 0 Å². The zero-order chi connectivity index (χ0) is 15.6. The van der Waals surface area contributed by atoms with Crippen molar-refractivity contribution < 1.29 is 17.9 Å². The fourth-order valence-corrected chi connectivity index (χ4v) is 3.72. The SMILES string of the molecule is Cc1oc(C)c(S(=O)(=O)NCCc2nccn2C)c1CO. The lowest BCUT2D eigenvalue weighted by Gasteiger charge is -2.07. The second kappa shape index (κ2) is 6.00. The summed E-state index contributed by atoms with van der Waals surface area (Å²) in [5.41, 5.74) is 0.303. The molecule has 0 saturated carbocycles. The lowest BCUT2D eigenvalue weighted by atomic mass is 10.2. The zero-order valence-corrected chi connectivity index (χ0v) is 13.1. The number of nitrogens with one attached hydrogen (secondary N) is 1. The van der Waals surface area contributed by atoms with Crippen molar-refractivity contribution in [1.82, 2.24) is 14.3 Å². The van der Waals surface area contributed by atoms with Crippen molar-refractivity contribution in [3.63, 3.8) is 0 Å². The molecule has 0 aliphatic carbocycles. The summed E-state index contributed by atoms with van der Waals surface area (Å²) in [5, 5.41) is 9.32. The van der Waals surface area contributed by atoms with Crippen molar-refractivity contribution in [2.45, 2.75) is 31.8 Å². The first-order valence-corrected chi connectivity index (χ1v) is 8.00. The van der Waals surface area contributed by atoms with Crippen molar-refractivity contribution in [3.05, 3.63) is 35.3 Å². The number of aliphatic hydroxyl groups is 1. The number of sulfonamides is 1. The van der Waals surface area contributed by atoms with Gasteiger partial charge in [-0.2, -0.15) is 0 Å². The molecule has 2 heterocycles. The molecule has 2 N–H and O–H groups in total. The summed E-state index contributed by atoms with van der Waals surface area (Å²) in [4.78, 5) is 4.16.